The lowest BCUT2D eigenvalue weighted by Gasteiger charge is -2.15. The number of benzene rings is 1. The van der Waals surface area contributed by atoms with Crippen LogP contribution in [0.15, 0.2) is 41.3 Å². The largest absolute Gasteiger partial charge is 0.481 e. The molecule has 0 fully saturated rings. The van der Waals surface area contributed by atoms with E-state index in [1.54, 1.807) is 37.4 Å². The summed E-state index contributed by atoms with van der Waals surface area (Å²) in [6, 6.07) is 7.05. The normalized spacial score (nSPS) is 13.4. The van der Waals surface area contributed by atoms with E-state index >= 15 is 0 Å². The van der Waals surface area contributed by atoms with E-state index in [1.165, 1.54) is 13.3 Å². The van der Waals surface area contributed by atoms with E-state index in [0.29, 0.717) is 11.4 Å². The Morgan fingerprint density at radius 3 is 2.38 bits per heavy atom. The van der Waals surface area contributed by atoms with Gasteiger partial charge in [0.15, 0.2) is 12.2 Å². The molecule has 6 nitrogen and oxygen atoms in total. The summed E-state index contributed by atoms with van der Waals surface area (Å²) >= 11 is 0. The van der Waals surface area contributed by atoms with Gasteiger partial charge in [-0.25, -0.2) is 4.98 Å². The second-order valence-electron chi connectivity index (χ2n) is 4.85. The molecule has 0 radical (unpaired) electrons. The summed E-state index contributed by atoms with van der Waals surface area (Å²) in [4.78, 5) is 26.7. The Morgan fingerprint density at radius 2 is 1.86 bits per heavy atom. The van der Waals surface area contributed by atoms with Crippen LogP contribution < -0.4 is 5.32 Å². The average Bonchev–Trinajstić information content (AvgIpc) is 3.00. The zero-order valence-corrected chi connectivity index (χ0v) is 11.7. The van der Waals surface area contributed by atoms with E-state index in [-0.39, 0.29) is 5.91 Å². The molecule has 0 aliphatic rings. The maximum atomic E-state index is 12.0. The van der Waals surface area contributed by atoms with Crippen molar-refractivity contribution in [2.45, 2.75) is 13.8 Å². The quantitative estimate of drug-likeness (QED) is 0.882. The van der Waals surface area contributed by atoms with Gasteiger partial charge < -0.3 is 14.8 Å². The third-order valence-corrected chi connectivity index (χ3v) is 3.42. The number of carbonyl (C=O) groups excluding carboxylic acids is 1. The molecule has 2 atom stereocenters. The van der Waals surface area contributed by atoms with Crippen LogP contribution >= 0.6 is 0 Å². The standard InChI is InChI=1S/C15H16N2O4/c1-9(10(2)15(19)20)14(18)17-12-5-3-11(4-6-12)13-7-16-8-21-13/h3-10H,1-2H3,(H,17,18)(H,19,20). The first-order valence-corrected chi connectivity index (χ1v) is 6.51. The number of nitrogens with one attached hydrogen (secondary N) is 1. The zero-order valence-electron chi connectivity index (χ0n) is 11.7. The van der Waals surface area contributed by atoms with Crippen LogP contribution in [-0.2, 0) is 9.59 Å². The first-order chi connectivity index (χ1) is 9.99. The fourth-order valence-electron chi connectivity index (χ4n) is 1.77. The molecule has 110 valence electrons. The molecule has 2 rings (SSSR count). The summed E-state index contributed by atoms with van der Waals surface area (Å²) in [7, 11) is 0. The Labute approximate surface area is 121 Å². The maximum absolute atomic E-state index is 12.0. The molecule has 2 N–H and O–H groups in total. The number of carboxylic acid groups (broad SMARTS) is 1. The highest BCUT2D eigenvalue weighted by Crippen LogP contribution is 2.21. The summed E-state index contributed by atoms with van der Waals surface area (Å²) in [5.41, 5.74) is 1.45. The lowest BCUT2D eigenvalue weighted by molar-refractivity contribution is -0.145. The van der Waals surface area contributed by atoms with Crippen molar-refractivity contribution in [3.8, 4) is 11.3 Å². The van der Waals surface area contributed by atoms with Crippen LogP contribution in [0, 0.1) is 11.8 Å². The molecule has 0 bridgehead atoms. The molecule has 0 spiro atoms. The van der Waals surface area contributed by atoms with Crippen LogP contribution in [0.1, 0.15) is 13.8 Å². The van der Waals surface area contributed by atoms with E-state index in [4.69, 9.17) is 9.52 Å². The van der Waals surface area contributed by atoms with Gasteiger partial charge in [0.25, 0.3) is 0 Å². The van der Waals surface area contributed by atoms with Gasteiger partial charge in [0.1, 0.15) is 0 Å². The fraction of sp³-hybridized carbons (Fsp3) is 0.267. The molecule has 0 aliphatic heterocycles. The number of aliphatic carboxylic acids is 1. The number of carbonyl (C=O) groups is 2. The molecule has 0 aliphatic carbocycles. The van der Waals surface area contributed by atoms with Gasteiger partial charge >= 0.3 is 5.97 Å². The summed E-state index contributed by atoms with van der Waals surface area (Å²) in [5, 5.41) is 11.6. The topological polar surface area (TPSA) is 92.4 Å². The summed E-state index contributed by atoms with van der Waals surface area (Å²) in [5.74, 6) is -2.02. The first kappa shape index (κ1) is 14.8. The van der Waals surface area contributed by atoms with Crippen LogP contribution in [-0.4, -0.2) is 22.0 Å². The number of hydrogen-bond donors (Lipinski definition) is 2. The van der Waals surface area contributed by atoms with Gasteiger partial charge in [0.2, 0.25) is 5.91 Å². The molecule has 0 saturated carbocycles. The average molecular weight is 288 g/mol. The Morgan fingerprint density at radius 1 is 1.19 bits per heavy atom. The lowest BCUT2D eigenvalue weighted by atomic mass is 9.95. The lowest BCUT2D eigenvalue weighted by Crippen LogP contribution is -2.29. The van der Waals surface area contributed by atoms with Gasteiger partial charge in [0, 0.05) is 17.2 Å². The van der Waals surface area contributed by atoms with Gasteiger partial charge in [0.05, 0.1) is 12.1 Å². The van der Waals surface area contributed by atoms with E-state index in [0.717, 1.165) is 5.56 Å². The number of hydrogen-bond acceptors (Lipinski definition) is 4. The summed E-state index contributed by atoms with van der Waals surface area (Å²) in [6.45, 7) is 3.11. The highest BCUT2D eigenvalue weighted by molar-refractivity contribution is 5.94. The molecular weight excluding hydrogens is 272 g/mol. The van der Waals surface area contributed by atoms with E-state index in [9.17, 15) is 9.59 Å². The third-order valence-electron chi connectivity index (χ3n) is 3.42. The van der Waals surface area contributed by atoms with Gasteiger partial charge in [-0.2, -0.15) is 0 Å². The van der Waals surface area contributed by atoms with Crippen LogP contribution in [0.5, 0.6) is 0 Å². The number of oxazole rings is 1. The van der Waals surface area contributed by atoms with E-state index in [2.05, 4.69) is 10.3 Å². The predicted octanol–water partition coefficient (Wildman–Crippen LogP) is 2.64. The van der Waals surface area contributed by atoms with Crippen LogP contribution in [0.25, 0.3) is 11.3 Å². The zero-order chi connectivity index (χ0) is 15.4. The Hall–Kier alpha value is -2.63. The Bertz CT molecular complexity index is 620. The van der Waals surface area contributed by atoms with Gasteiger partial charge in [-0.05, 0) is 24.3 Å². The molecule has 0 saturated heterocycles. The molecule has 6 heteroatoms. The number of aromatic nitrogens is 1. The first-order valence-electron chi connectivity index (χ1n) is 6.51. The highest BCUT2D eigenvalue weighted by Gasteiger charge is 2.25. The van der Waals surface area contributed by atoms with Crippen molar-refractivity contribution in [3.63, 3.8) is 0 Å². The SMILES string of the molecule is CC(C(=O)O)C(C)C(=O)Nc1ccc(-c2cnco2)cc1. The number of anilines is 1. The summed E-state index contributed by atoms with van der Waals surface area (Å²) < 4.78 is 5.17. The predicted molar refractivity (Wildman–Crippen MR) is 76.5 cm³/mol. The van der Waals surface area contributed by atoms with Gasteiger partial charge in [-0.15, -0.1) is 0 Å². The monoisotopic (exact) mass is 288 g/mol. The number of carboxylic acids is 1. The van der Waals surface area contributed by atoms with E-state index in [1.807, 2.05) is 0 Å². The number of rotatable bonds is 5. The number of amides is 1. The summed E-state index contributed by atoms with van der Waals surface area (Å²) in [6.07, 6.45) is 2.95. The van der Waals surface area contributed by atoms with Crippen LogP contribution in [0.2, 0.25) is 0 Å². The minimum atomic E-state index is -0.988. The van der Waals surface area contributed by atoms with Crippen molar-refractivity contribution < 1.29 is 19.1 Å². The molecule has 1 aromatic heterocycles. The van der Waals surface area contributed by atoms with E-state index < -0.39 is 17.8 Å². The Kier molecular flexibility index (Phi) is 4.37. The molecule has 1 heterocycles. The van der Waals surface area contributed by atoms with Crippen molar-refractivity contribution in [1.29, 1.82) is 0 Å². The fourth-order valence-corrected chi connectivity index (χ4v) is 1.77. The van der Waals surface area contributed by atoms with Crippen molar-refractivity contribution >= 4 is 17.6 Å². The van der Waals surface area contributed by atoms with Crippen LogP contribution in [0.4, 0.5) is 5.69 Å². The van der Waals surface area contributed by atoms with Crippen molar-refractivity contribution in [1.82, 2.24) is 4.98 Å². The number of nitrogens with zero attached hydrogens (tertiary/aromatic N) is 1. The van der Waals surface area contributed by atoms with Gasteiger partial charge in [-0.3, -0.25) is 9.59 Å². The molecule has 21 heavy (non-hydrogen) atoms. The second-order valence-corrected chi connectivity index (χ2v) is 4.85. The molecule has 1 amide bonds. The minimum Gasteiger partial charge on any atom is -0.481 e. The smallest absolute Gasteiger partial charge is 0.307 e. The highest BCUT2D eigenvalue weighted by atomic mass is 16.4. The van der Waals surface area contributed by atoms with Crippen molar-refractivity contribution in [2.75, 3.05) is 5.32 Å². The minimum absolute atomic E-state index is 0.322. The van der Waals surface area contributed by atoms with Crippen molar-refractivity contribution in [3.05, 3.63) is 36.9 Å². The molecule has 2 aromatic rings. The third kappa shape index (κ3) is 3.47. The second kappa shape index (κ2) is 6.21. The molecular formula is C15H16N2O4. The molecule has 2 unspecified atom stereocenters. The van der Waals surface area contributed by atoms with Crippen LogP contribution in [0.3, 0.4) is 0 Å². The maximum Gasteiger partial charge on any atom is 0.307 e. The van der Waals surface area contributed by atoms with Crippen molar-refractivity contribution in [2.24, 2.45) is 11.8 Å². The van der Waals surface area contributed by atoms with Gasteiger partial charge in [-0.1, -0.05) is 13.8 Å². The Balaban J connectivity index is 2.03. The molecule has 1 aromatic carbocycles.